The highest BCUT2D eigenvalue weighted by Gasteiger charge is 2.14. The Morgan fingerprint density at radius 3 is 2.52 bits per heavy atom. The van der Waals surface area contributed by atoms with E-state index in [0.29, 0.717) is 35.2 Å². The average Bonchev–Trinajstić information content (AvgIpc) is 3.16. The number of thioether (sulfide) groups is 1. The van der Waals surface area contributed by atoms with Crippen LogP contribution in [0.3, 0.4) is 0 Å². The summed E-state index contributed by atoms with van der Waals surface area (Å²) in [5.41, 5.74) is 3.46. The van der Waals surface area contributed by atoms with Crippen LogP contribution in [0.2, 0.25) is 0 Å². The Bertz CT molecular complexity index is 1090. The molecule has 0 saturated carbocycles. The lowest BCUT2D eigenvalue weighted by molar-refractivity contribution is -0.130. The smallest absolute Gasteiger partial charge is 0.259 e. The summed E-state index contributed by atoms with van der Waals surface area (Å²) in [6.07, 6.45) is 2.79. The van der Waals surface area contributed by atoms with Crippen LogP contribution in [0.15, 0.2) is 29.4 Å². The van der Waals surface area contributed by atoms with Crippen LogP contribution in [0, 0.1) is 13.8 Å². The third-order valence-electron chi connectivity index (χ3n) is 4.81. The molecule has 0 radical (unpaired) electrons. The number of ether oxygens (including phenoxy) is 1. The van der Waals surface area contributed by atoms with E-state index in [1.54, 1.807) is 42.9 Å². The van der Waals surface area contributed by atoms with Crippen molar-refractivity contribution in [1.82, 2.24) is 24.5 Å². The number of benzene rings is 1. The molecule has 0 atom stereocenters. The minimum absolute atomic E-state index is 0.0278. The molecule has 0 unspecified atom stereocenters. The zero-order valence-corrected chi connectivity index (χ0v) is 19.1. The third-order valence-corrected chi connectivity index (χ3v) is 5.35. The summed E-state index contributed by atoms with van der Waals surface area (Å²) in [6, 6.07) is 6.94. The van der Waals surface area contributed by atoms with E-state index >= 15 is 0 Å². The number of aryl methyl sites for hydroxylation is 2. The molecular weight excluding hydrogens is 416 g/mol. The number of hydrogen-bond acceptors (Lipinski definition) is 7. The summed E-state index contributed by atoms with van der Waals surface area (Å²) in [6.45, 7) is 3.86. The number of rotatable bonds is 8. The fourth-order valence-electron chi connectivity index (χ4n) is 3.01. The molecule has 164 valence electrons. The Balaban J connectivity index is 1.58. The van der Waals surface area contributed by atoms with E-state index in [1.807, 2.05) is 20.1 Å². The largest absolute Gasteiger partial charge is 0.484 e. The lowest BCUT2D eigenvalue weighted by Crippen LogP contribution is -2.27. The Labute approximate surface area is 185 Å². The molecule has 1 aromatic carbocycles. The minimum Gasteiger partial charge on any atom is -0.484 e. The van der Waals surface area contributed by atoms with Crippen LogP contribution < -0.4 is 10.1 Å². The fourth-order valence-corrected chi connectivity index (χ4v) is 3.35. The maximum atomic E-state index is 12.4. The van der Waals surface area contributed by atoms with Crippen molar-refractivity contribution >= 4 is 35.0 Å². The number of likely N-dealkylation sites (N-methyl/N-ethyl adjacent to an activating group) is 1. The van der Waals surface area contributed by atoms with Gasteiger partial charge in [0.25, 0.3) is 11.7 Å². The van der Waals surface area contributed by atoms with Crippen LogP contribution >= 0.6 is 11.8 Å². The minimum atomic E-state index is -0.119. The number of hydrogen-bond donors (Lipinski definition) is 1. The molecule has 3 aromatic rings. The Morgan fingerprint density at radius 2 is 1.87 bits per heavy atom. The summed E-state index contributed by atoms with van der Waals surface area (Å²) >= 11 is 1.47. The first-order valence-electron chi connectivity index (χ1n) is 9.78. The molecule has 3 rings (SSSR count). The first-order valence-corrected chi connectivity index (χ1v) is 11.0. The zero-order chi connectivity index (χ0) is 22.5. The molecule has 0 aliphatic heterocycles. The van der Waals surface area contributed by atoms with Crippen molar-refractivity contribution < 1.29 is 14.3 Å². The molecule has 1 N–H and O–H groups in total. The number of carbonyl (C=O) groups is 2. The van der Waals surface area contributed by atoms with E-state index in [0.717, 1.165) is 17.0 Å². The lowest BCUT2D eigenvalue weighted by atomic mass is 10.1. The van der Waals surface area contributed by atoms with Crippen LogP contribution in [0.4, 0.5) is 5.69 Å². The van der Waals surface area contributed by atoms with Gasteiger partial charge in [-0.05, 0) is 56.4 Å². The molecule has 0 bridgehead atoms. The molecule has 2 heterocycles. The Kier molecular flexibility index (Phi) is 7.11. The van der Waals surface area contributed by atoms with Gasteiger partial charge < -0.3 is 15.0 Å². The highest BCUT2D eigenvalue weighted by Crippen LogP contribution is 2.19. The Hall–Kier alpha value is -3.14. The molecule has 10 heteroatoms. The van der Waals surface area contributed by atoms with Crippen molar-refractivity contribution in [2.24, 2.45) is 0 Å². The van der Waals surface area contributed by atoms with Gasteiger partial charge >= 0.3 is 0 Å². The van der Waals surface area contributed by atoms with Crippen LogP contribution in [0.1, 0.15) is 23.4 Å². The molecule has 9 nitrogen and oxygen atoms in total. The van der Waals surface area contributed by atoms with E-state index in [1.165, 1.54) is 16.7 Å². The quantitative estimate of drug-likeness (QED) is 0.535. The van der Waals surface area contributed by atoms with E-state index in [4.69, 9.17) is 4.74 Å². The predicted octanol–water partition coefficient (Wildman–Crippen LogP) is 2.50. The summed E-state index contributed by atoms with van der Waals surface area (Å²) in [7, 11) is 3.35. The van der Waals surface area contributed by atoms with E-state index in [-0.39, 0.29) is 18.4 Å². The van der Waals surface area contributed by atoms with Crippen molar-refractivity contribution in [2.45, 2.75) is 31.8 Å². The molecule has 2 aromatic heterocycles. The summed E-state index contributed by atoms with van der Waals surface area (Å²) < 4.78 is 7.17. The van der Waals surface area contributed by atoms with Crippen molar-refractivity contribution in [2.75, 3.05) is 32.3 Å². The first kappa shape index (κ1) is 22.5. The lowest BCUT2D eigenvalue weighted by Gasteiger charge is -2.12. The molecular formula is C21H26N6O3S. The van der Waals surface area contributed by atoms with Crippen LogP contribution in [-0.2, 0) is 16.0 Å². The van der Waals surface area contributed by atoms with E-state index in [2.05, 4.69) is 20.4 Å². The van der Waals surface area contributed by atoms with Gasteiger partial charge in [-0.15, -0.1) is 5.10 Å². The van der Waals surface area contributed by atoms with Crippen LogP contribution in [0.25, 0.3) is 5.78 Å². The monoisotopic (exact) mass is 442 g/mol. The van der Waals surface area contributed by atoms with Gasteiger partial charge in [0.05, 0.1) is 0 Å². The fraction of sp³-hybridized carbons (Fsp3) is 0.381. The topological polar surface area (TPSA) is 102 Å². The summed E-state index contributed by atoms with van der Waals surface area (Å²) in [5, 5.41) is 7.99. The number of nitrogens with one attached hydrogen (secondary N) is 1. The molecule has 31 heavy (non-hydrogen) atoms. The van der Waals surface area contributed by atoms with Gasteiger partial charge in [0.2, 0.25) is 11.1 Å². The molecule has 0 saturated heterocycles. The summed E-state index contributed by atoms with van der Waals surface area (Å²) in [5.74, 6) is 0.920. The van der Waals surface area contributed by atoms with Crippen molar-refractivity contribution in [3.05, 3.63) is 41.2 Å². The van der Waals surface area contributed by atoms with Gasteiger partial charge in [0.15, 0.2) is 6.61 Å². The number of nitrogens with zero attached hydrogens (tertiary/aromatic N) is 5. The normalized spacial score (nSPS) is 10.9. The number of aromatic nitrogens is 4. The van der Waals surface area contributed by atoms with Gasteiger partial charge in [0, 0.05) is 37.6 Å². The molecule has 0 aliphatic carbocycles. The molecule has 0 aliphatic rings. The third kappa shape index (κ3) is 5.52. The van der Waals surface area contributed by atoms with Crippen molar-refractivity contribution in [3.63, 3.8) is 0 Å². The van der Waals surface area contributed by atoms with Gasteiger partial charge in [-0.3, -0.25) is 9.59 Å². The second kappa shape index (κ2) is 9.78. The van der Waals surface area contributed by atoms with Crippen molar-refractivity contribution in [3.8, 4) is 5.75 Å². The van der Waals surface area contributed by atoms with Crippen molar-refractivity contribution in [1.29, 1.82) is 0 Å². The first-order chi connectivity index (χ1) is 14.8. The highest BCUT2D eigenvalue weighted by atomic mass is 32.2. The van der Waals surface area contributed by atoms with E-state index in [9.17, 15) is 9.59 Å². The molecule has 2 amide bonds. The predicted molar refractivity (Wildman–Crippen MR) is 120 cm³/mol. The van der Waals surface area contributed by atoms with Gasteiger partial charge in [0.1, 0.15) is 5.75 Å². The number of amides is 2. The van der Waals surface area contributed by atoms with Gasteiger partial charge in [-0.1, -0.05) is 11.8 Å². The highest BCUT2D eigenvalue weighted by molar-refractivity contribution is 7.98. The van der Waals surface area contributed by atoms with Crippen LogP contribution in [0.5, 0.6) is 5.75 Å². The van der Waals surface area contributed by atoms with Crippen LogP contribution in [-0.4, -0.2) is 63.3 Å². The second-order valence-electron chi connectivity index (χ2n) is 7.22. The van der Waals surface area contributed by atoms with E-state index < -0.39 is 0 Å². The number of carbonyl (C=O) groups excluding carboxylic acids is 2. The molecule has 0 spiro atoms. The number of fused-ring (bicyclic) bond motifs is 1. The van der Waals surface area contributed by atoms with Gasteiger partial charge in [-0.25, -0.2) is 9.50 Å². The summed E-state index contributed by atoms with van der Waals surface area (Å²) in [4.78, 5) is 34.4. The zero-order valence-electron chi connectivity index (χ0n) is 18.3. The SMILES string of the molecule is CSc1nc2nc(C)c(CCC(=O)Nc3ccc(OCC(=O)N(C)C)cc3)c(C)n2n1. The maximum Gasteiger partial charge on any atom is 0.259 e. The maximum absolute atomic E-state index is 12.4. The Morgan fingerprint density at radius 1 is 1.16 bits per heavy atom. The second-order valence-corrected chi connectivity index (χ2v) is 7.99. The average molecular weight is 443 g/mol. The number of anilines is 1. The van der Waals surface area contributed by atoms with Gasteiger partial charge in [-0.2, -0.15) is 4.98 Å². The molecule has 0 fully saturated rings. The standard InChI is InChI=1S/C21H26N6O3S/c1-13-17(14(2)27-20(22-13)24-21(25-27)31-5)10-11-18(28)23-15-6-8-16(9-7-15)30-12-19(29)26(3)4/h6-9H,10-12H2,1-5H3,(H,23,28).